The molecule has 0 atom stereocenters. The van der Waals surface area contributed by atoms with Crippen LogP contribution < -0.4 is 5.32 Å². The fourth-order valence-corrected chi connectivity index (χ4v) is 3.76. The molecule has 1 fully saturated rings. The van der Waals surface area contributed by atoms with Gasteiger partial charge in [0.1, 0.15) is 5.82 Å². The summed E-state index contributed by atoms with van der Waals surface area (Å²) in [4.78, 5) is 4.36. The van der Waals surface area contributed by atoms with Crippen molar-refractivity contribution in [3.8, 4) is 0 Å². The molecule has 82 valence electrons. The summed E-state index contributed by atoms with van der Waals surface area (Å²) in [6.07, 6.45) is 4.29. The lowest BCUT2D eigenvalue weighted by Crippen LogP contribution is -2.25. The minimum absolute atomic E-state index is 0.580. The zero-order valence-corrected chi connectivity index (χ0v) is 12.2. The van der Waals surface area contributed by atoms with E-state index in [1.54, 1.807) is 0 Å². The summed E-state index contributed by atoms with van der Waals surface area (Å²) in [7, 11) is 0. The van der Waals surface area contributed by atoms with Crippen LogP contribution in [0.25, 0.3) is 0 Å². The maximum atomic E-state index is 4.36. The van der Waals surface area contributed by atoms with Gasteiger partial charge in [-0.25, -0.2) is 4.98 Å². The van der Waals surface area contributed by atoms with Crippen LogP contribution in [0.15, 0.2) is 21.2 Å². The quantitative estimate of drug-likeness (QED) is 0.874. The van der Waals surface area contributed by atoms with Crippen LogP contribution in [0.2, 0.25) is 0 Å². The summed E-state index contributed by atoms with van der Waals surface area (Å²) in [6, 6.07) is 2.60. The van der Waals surface area contributed by atoms with Crippen molar-refractivity contribution in [3.05, 3.63) is 21.2 Å². The normalized spacial score (nSPS) is 17.7. The molecule has 0 unspecified atom stereocenters. The Labute approximate surface area is 111 Å². The van der Waals surface area contributed by atoms with Crippen molar-refractivity contribution in [1.82, 2.24) is 4.98 Å². The molecular formula is C10H12Br2N2S. The Bertz CT molecular complexity index is 340. The summed E-state index contributed by atoms with van der Waals surface area (Å²) in [6.45, 7) is 0. The maximum absolute atomic E-state index is 4.36. The highest BCUT2D eigenvalue weighted by atomic mass is 79.9. The van der Waals surface area contributed by atoms with Crippen LogP contribution in [-0.4, -0.2) is 22.5 Å². The number of halogens is 2. The van der Waals surface area contributed by atoms with E-state index in [1.165, 1.54) is 24.3 Å². The van der Waals surface area contributed by atoms with E-state index in [0.717, 1.165) is 14.8 Å². The fourth-order valence-electron chi connectivity index (χ4n) is 1.56. The molecule has 0 radical (unpaired) electrons. The van der Waals surface area contributed by atoms with Gasteiger partial charge in [0.2, 0.25) is 0 Å². The molecule has 5 heteroatoms. The van der Waals surface area contributed by atoms with Gasteiger partial charge in [-0.3, -0.25) is 0 Å². The van der Waals surface area contributed by atoms with Gasteiger partial charge in [0, 0.05) is 16.7 Å². The van der Waals surface area contributed by atoms with Crippen LogP contribution in [0.4, 0.5) is 5.82 Å². The minimum atomic E-state index is 0.580. The summed E-state index contributed by atoms with van der Waals surface area (Å²) >= 11 is 8.95. The second-order valence-electron chi connectivity index (χ2n) is 3.51. The molecule has 1 aliphatic rings. The molecule has 2 heterocycles. The van der Waals surface area contributed by atoms with Crippen LogP contribution in [0.5, 0.6) is 0 Å². The van der Waals surface area contributed by atoms with Crippen molar-refractivity contribution in [2.24, 2.45) is 0 Å². The molecule has 2 rings (SSSR count). The molecule has 2 nitrogen and oxygen atoms in total. The Morgan fingerprint density at radius 2 is 2.07 bits per heavy atom. The number of anilines is 1. The van der Waals surface area contributed by atoms with E-state index < -0.39 is 0 Å². The maximum Gasteiger partial charge on any atom is 0.140 e. The van der Waals surface area contributed by atoms with Crippen LogP contribution in [-0.2, 0) is 0 Å². The number of nitrogens with zero attached hydrogens (tertiary/aromatic N) is 1. The third kappa shape index (κ3) is 3.36. The topological polar surface area (TPSA) is 24.9 Å². The Hall–Kier alpha value is 0.260. The number of pyridine rings is 1. The highest BCUT2D eigenvalue weighted by Crippen LogP contribution is 2.26. The van der Waals surface area contributed by atoms with Crippen molar-refractivity contribution in [1.29, 1.82) is 0 Å². The van der Waals surface area contributed by atoms with E-state index in [-0.39, 0.29) is 0 Å². The first-order chi connectivity index (χ1) is 7.25. The molecule has 1 aromatic rings. The van der Waals surface area contributed by atoms with E-state index in [1.807, 2.05) is 24.0 Å². The molecule has 0 aromatic carbocycles. The Morgan fingerprint density at radius 1 is 1.33 bits per heavy atom. The molecule has 1 N–H and O–H groups in total. The first-order valence-corrected chi connectivity index (χ1v) is 7.65. The molecule has 1 aliphatic heterocycles. The van der Waals surface area contributed by atoms with Gasteiger partial charge in [-0.15, -0.1) is 0 Å². The van der Waals surface area contributed by atoms with Crippen LogP contribution in [0.1, 0.15) is 12.8 Å². The van der Waals surface area contributed by atoms with Gasteiger partial charge in [-0.1, -0.05) is 0 Å². The highest BCUT2D eigenvalue weighted by molar-refractivity contribution is 9.11. The summed E-state index contributed by atoms with van der Waals surface area (Å²) < 4.78 is 2.02. The Kier molecular flexibility index (Phi) is 4.34. The number of thioether (sulfide) groups is 1. The smallest absolute Gasteiger partial charge is 0.140 e. The van der Waals surface area contributed by atoms with Gasteiger partial charge < -0.3 is 5.32 Å². The predicted molar refractivity (Wildman–Crippen MR) is 73.6 cm³/mol. The lowest BCUT2D eigenvalue weighted by molar-refractivity contribution is 0.663. The average Bonchev–Trinajstić information content (AvgIpc) is 2.24. The lowest BCUT2D eigenvalue weighted by Gasteiger charge is -2.23. The molecule has 1 aromatic heterocycles. The van der Waals surface area contributed by atoms with Crippen LogP contribution in [0.3, 0.4) is 0 Å². The zero-order chi connectivity index (χ0) is 10.7. The summed E-state index contributed by atoms with van der Waals surface area (Å²) in [5, 5.41) is 3.48. The second-order valence-corrected chi connectivity index (χ2v) is 6.51. The van der Waals surface area contributed by atoms with Crippen molar-refractivity contribution in [2.75, 3.05) is 16.8 Å². The largest absolute Gasteiger partial charge is 0.366 e. The van der Waals surface area contributed by atoms with Gasteiger partial charge in [0.05, 0.1) is 4.47 Å². The highest BCUT2D eigenvalue weighted by Gasteiger charge is 2.14. The summed E-state index contributed by atoms with van der Waals surface area (Å²) in [5.74, 6) is 3.47. The van der Waals surface area contributed by atoms with E-state index in [9.17, 15) is 0 Å². The first kappa shape index (κ1) is 11.7. The third-order valence-electron chi connectivity index (χ3n) is 2.37. The minimum Gasteiger partial charge on any atom is -0.366 e. The fraction of sp³-hybridized carbons (Fsp3) is 0.500. The van der Waals surface area contributed by atoms with Gasteiger partial charge >= 0.3 is 0 Å². The number of aromatic nitrogens is 1. The van der Waals surface area contributed by atoms with Gasteiger partial charge in [0.25, 0.3) is 0 Å². The lowest BCUT2D eigenvalue weighted by atomic mass is 10.1. The van der Waals surface area contributed by atoms with Crippen molar-refractivity contribution >= 4 is 49.4 Å². The number of rotatable bonds is 2. The van der Waals surface area contributed by atoms with E-state index >= 15 is 0 Å². The van der Waals surface area contributed by atoms with Crippen LogP contribution in [0, 0.1) is 0 Å². The third-order valence-corrected chi connectivity index (χ3v) is 4.46. The van der Waals surface area contributed by atoms with Crippen molar-refractivity contribution < 1.29 is 0 Å². The zero-order valence-electron chi connectivity index (χ0n) is 8.17. The second kappa shape index (κ2) is 5.55. The van der Waals surface area contributed by atoms with Crippen molar-refractivity contribution in [2.45, 2.75) is 18.9 Å². The van der Waals surface area contributed by atoms with Gasteiger partial charge in [-0.2, -0.15) is 11.8 Å². The Balaban J connectivity index is 2.03. The van der Waals surface area contributed by atoms with Gasteiger partial charge in [-0.05, 0) is 62.3 Å². The van der Waals surface area contributed by atoms with Crippen LogP contribution >= 0.6 is 43.6 Å². The number of nitrogens with one attached hydrogen (secondary N) is 1. The molecule has 15 heavy (non-hydrogen) atoms. The molecule has 0 bridgehead atoms. The van der Waals surface area contributed by atoms with Crippen molar-refractivity contribution in [3.63, 3.8) is 0 Å². The molecular weight excluding hydrogens is 340 g/mol. The van der Waals surface area contributed by atoms with E-state index in [0.29, 0.717) is 6.04 Å². The van der Waals surface area contributed by atoms with Gasteiger partial charge in [0.15, 0.2) is 0 Å². The summed E-state index contributed by atoms with van der Waals surface area (Å²) in [5.41, 5.74) is 0. The number of hydrogen-bond donors (Lipinski definition) is 1. The molecule has 0 spiro atoms. The van der Waals surface area contributed by atoms with E-state index in [4.69, 9.17) is 0 Å². The monoisotopic (exact) mass is 350 g/mol. The Morgan fingerprint density at radius 3 is 2.73 bits per heavy atom. The molecule has 0 saturated carbocycles. The first-order valence-electron chi connectivity index (χ1n) is 4.91. The molecule has 0 aliphatic carbocycles. The predicted octanol–water partition coefficient (Wildman–Crippen LogP) is 3.91. The van der Waals surface area contributed by atoms with E-state index in [2.05, 4.69) is 42.2 Å². The molecule has 0 amide bonds. The number of hydrogen-bond acceptors (Lipinski definition) is 3. The molecule has 1 saturated heterocycles. The SMILES string of the molecule is Brc1cnc(NC2CCSCC2)c(Br)c1. The standard InChI is InChI=1S/C10H12Br2N2S/c11-7-5-9(12)10(13-6-7)14-8-1-3-15-4-2-8/h5-6,8H,1-4H2,(H,13,14). The average molecular weight is 352 g/mol.